The number of rotatable bonds is 9. The second-order valence-electron chi connectivity index (χ2n) is 4.71. The number of carboxylic acid groups (broad SMARTS) is 1. The molecule has 4 nitrogen and oxygen atoms in total. The molecule has 0 radical (unpaired) electrons. The SMILES string of the molecule is O=C(O)CCCCNC(=O)C(CS)Cc1ccccc1. The number of hydrogen-bond donors (Lipinski definition) is 3. The molecule has 0 bridgehead atoms. The van der Waals surface area contributed by atoms with Gasteiger partial charge in [0.1, 0.15) is 0 Å². The standard InChI is InChI=1S/C15H21NO3S/c17-14(18)8-4-5-9-16-15(19)13(11-20)10-12-6-2-1-3-7-12/h1-3,6-7,13,20H,4-5,8-11H2,(H,16,19)(H,17,18). The van der Waals surface area contributed by atoms with E-state index in [1.807, 2.05) is 30.3 Å². The van der Waals surface area contributed by atoms with Crippen LogP contribution in [0.2, 0.25) is 0 Å². The van der Waals surface area contributed by atoms with Gasteiger partial charge in [0.05, 0.1) is 5.92 Å². The van der Waals surface area contributed by atoms with Crippen molar-refractivity contribution in [2.45, 2.75) is 25.7 Å². The summed E-state index contributed by atoms with van der Waals surface area (Å²) in [5, 5.41) is 11.4. The number of thiol groups is 1. The van der Waals surface area contributed by atoms with Gasteiger partial charge in [0.15, 0.2) is 0 Å². The molecule has 1 aromatic rings. The van der Waals surface area contributed by atoms with E-state index >= 15 is 0 Å². The van der Waals surface area contributed by atoms with Crippen molar-refractivity contribution < 1.29 is 14.7 Å². The lowest BCUT2D eigenvalue weighted by Crippen LogP contribution is -2.33. The molecule has 0 aliphatic carbocycles. The van der Waals surface area contributed by atoms with E-state index in [0.29, 0.717) is 31.6 Å². The van der Waals surface area contributed by atoms with Crippen molar-refractivity contribution in [2.24, 2.45) is 5.92 Å². The lowest BCUT2D eigenvalue weighted by atomic mass is 10.0. The molecule has 0 heterocycles. The molecule has 0 aliphatic rings. The third-order valence-electron chi connectivity index (χ3n) is 3.03. The molecule has 1 rings (SSSR count). The fraction of sp³-hybridized carbons (Fsp3) is 0.467. The summed E-state index contributed by atoms with van der Waals surface area (Å²) in [6.45, 7) is 0.519. The Morgan fingerprint density at radius 3 is 2.50 bits per heavy atom. The second kappa shape index (κ2) is 9.42. The Labute approximate surface area is 125 Å². The van der Waals surface area contributed by atoms with Gasteiger partial charge in [-0.3, -0.25) is 9.59 Å². The zero-order valence-corrected chi connectivity index (χ0v) is 12.3. The van der Waals surface area contributed by atoms with Crippen LogP contribution in [-0.2, 0) is 16.0 Å². The number of carbonyl (C=O) groups is 2. The van der Waals surface area contributed by atoms with Crippen LogP contribution in [0.25, 0.3) is 0 Å². The predicted molar refractivity (Wildman–Crippen MR) is 82.0 cm³/mol. The number of amides is 1. The Morgan fingerprint density at radius 1 is 1.20 bits per heavy atom. The minimum Gasteiger partial charge on any atom is -0.481 e. The summed E-state index contributed by atoms with van der Waals surface area (Å²) in [5.74, 6) is -0.469. The predicted octanol–water partition coefficient (Wildman–Crippen LogP) is 2.15. The normalized spacial score (nSPS) is 11.8. The smallest absolute Gasteiger partial charge is 0.303 e. The lowest BCUT2D eigenvalue weighted by Gasteiger charge is -2.14. The Morgan fingerprint density at radius 2 is 1.90 bits per heavy atom. The molecule has 0 saturated heterocycles. The Balaban J connectivity index is 2.30. The van der Waals surface area contributed by atoms with Crippen LogP contribution in [0.4, 0.5) is 0 Å². The average molecular weight is 295 g/mol. The molecule has 1 aromatic carbocycles. The number of carboxylic acids is 1. The van der Waals surface area contributed by atoms with Gasteiger partial charge in [-0.05, 0) is 24.8 Å². The van der Waals surface area contributed by atoms with Crippen LogP contribution in [0.1, 0.15) is 24.8 Å². The molecule has 0 aromatic heterocycles. The number of benzene rings is 1. The van der Waals surface area contributed by atoms with E-state index < -0.39 is 5.97 Å². The van der Waals surface area contributed by atoms with Crippen LogP contribution in [0.15, 0.2) is 30.3 Å². The van der Waals surface area contributed by atoms with Crippen LogP contribution >= 0.6 is 12.6 Å². The van der Waals surface area contributed by atoms with Crippen LogP contribution in [0.3, 0.4) is 0 Å². The maximum atomic E-state index is 12.0. The fourth-order valence-corrected chi connectivity index (χ4v) is 2.19. The summed E-state index contributed by atoms with van der Waals surface area (Å²) >= 11 is 4.24. The van der Waals surface area contributed by atoms with E-state index in [0.717, 1.165) is 5.56 Å². The highest BCUT2D eigenvalue weighted by Gasteiger charge is 2.16. The highest BCUT2D eigenvalue weighted by atomic mass is 32.1. The van der Waals surface area contributed by atoms with Crippen molar-refractivity contribution in [3.05, 3.63) is 35.9 Å². The highest BCUT2D eigenvalue weighted by Crippen LogP contribution is 2.10. The molecule has 110 valence electrons. The van der Waals surface area contributed by atoms with Crippen molar-refractivity contribution in [2.75, 3.05) is 12.3 Å². The molecule has 0 spiro atoms. The first-order valence-electron chi connectivity index (χ1n) is 6.77. The molecule has 2 N–H and O–H groups in total. The topological polar surface area (TPSA) is 66.4 Å². The zero-order chi connectivity index (χ0) is 14.8. The summed E-state index contributed by atoms with van der Waals surface area (Å²) < 4.78 is 0. The fourth-order valence-electron chi connectivity index (χ4n) is 1.90. The second-order valence-corrected chi connectivity index (χ2v) is 5.08. The van der Waals surface area contributed by atoms with Crippen LogP contribution in [-0.4, -0.2) is 29.3 Å². The molecule has 20 heavy (non-hydrogen) atoms. The van der Waals surface area contributed by atoms with Gasteiger partial charge in [0.25, 0.3) is 0 Å². The molecule has 1 amide bonds. The Kier molecular flexibility index (Phi) is 7.80. The van der Waals surface area contributed by atoms with E-state index in [1.165, 1.54) is 0 Å². The number of carbonyl (C=O) groups excluding carboxylic acids is 1. The average Bonchev–Trinajstić information content (AvgIpc) is 2.45. The van der Waals surface area contributed by atoms with Crippen LogP contribution < -0.4 is 5.32 Å². The van der Waals surface area contributed by atoms with Gasteiger partial charge in [-0.15, -0.1) is 0 Å². The van der Waals surface area contributed by atoms with E-state index in [1.54, 1.807) is 0 Å². The first kappa shape index (κ1) is 16.6. The molecule has 1 atom stereocenters. The monoisotopic (exact) mass is 295 g/mol. The largest absolute Gasteiger partial charge is 0.481 e. The van der Waals surface area contributed by atoms with Crippen molar-refractivity contribution in [3.8, 4) is 0 Å². The molecule has 0 saturated carbocycles. The third-order valence-corrected chi connectivity index (χ3v) is 3.47. The van der Waals surface area contributed by atoms with Crippen LogP contribution in [0, 0.1) is 5.92 Å². The molecular formula is C15H21NO3S. The lowest BCUT2D eigenvalue weighted by molar-refractivity contribution is -0.137. The molecule has 0 aliphatic heterocycles. The van der Waals surface area contributed by atoms with E-state index in [2.05, 4.69) is 17.9 Å². The third kappa shape index (κ3) is 6.61. The first-order valence-corrected chi connectivity index (χ1v) is 7.41. The van der Waals surface area contributed by atoms with Gasteiger partial charge in [-0.2, -0.15) is 12.6 Å². The van der Waals surface area contributed by atoms with E-state index in [4.69, 9.17) is 5.11 Å². The van der Waals surface area contributed by atoms with Gasteiger partial charge in [0, 0.05) is 18.7 Å². The summed E-state index contributed by atoms with van der Waals surface area (Å²) in [4.78, 5) is 22.4. The summed E-state index contributed by atoms with van der Waals surface area (Å²) in [7, 11) is 0. The number of aliphatic carboxylic acids is 1. The molecular weight excluding hydrogens is 274 g/mol. The Bertz CT molecular complexity index is 422. The summed E-state index contributed by atoms with van der Waals surface area (Å²) in [6, 6.07) is 9.85. The summed E-state index contributed by atoms with van der Waals surface area (Å²) in [5.41, 5.74) is 1.12. The van der Waals surface area contributed by atoms with Crippen molar-refractivity contribution >= 4 is 24.5 Å². The van der Waals surface area contributed by atoms with Gasteiger partial charge < -0.3 is 10.4 Å². The van der Waals surface area contributed by atoms with Gasteiger partial charge in [-0.25, -0.2) is 0 Å². The van der Waals surface area contributed by atoms with Crippen molar-refractivity contribution in [3.63, 3.8) is 0 Å². The minimum absolute atomic E-state index is 0.0146. The maximum absolute atomic E-state index is 12.0. The number of nitrogens with one attached hydrogen (secondary N) is 1. The molecule has 0 fully saturated rings. The van der Waals surface area contributed by atoms with Gasteiger partial charge in [0.2, 0.25) is 5.91 Å². The van der Waals surface area contributed by atoms with Crippen LogP contribution in [0.5, 0.6) is 0 Å². The summed E-state index contributed by atoms with van der Waals surface area (Å²) in [6.07, 6.45) is 2.09. The van der Waals surface area contributed by atoms with Gasteiger partial charge >= 0.3 is 5.97 Å². The van der Waals surface area contributed by atoms with E-state index in [-0.39, 0.29) is 18.2 Å². The van der Waals surface area contributed by atoms with E-state index in [9.17, 15) is 9.59 Å². The number of hydrogen-bond acceptors (Lipinski definition) is 3. The van der Waals surface area contributed by atoms with Gasteiger partial charge in [-0.1, -0.05) is 30.3 Å². The molecule has 1 unspecified atom stereocenters. The highest BCUT2D eigenvalue weighted by molar-refractivity contribution is 7.80. The van der Waals surface area contributed by atoms with Crippen molar-refractivity contribution in [1.82, 2.24) is 5.32 Å². The minimum atomic E-state index is -0.798. The van der Waals surface area contributed by atoms with Crippen molar-refractivity contribution in [1.29, 1.82) is 0 Å². The zero-order valence-electron chi connectivity index (χ0n) is 11.4. The maximum Gasteiger partial charge on any atom is 0.303 e. The first-order chi connectivity index (χ1) is 9.63. The Hall–Kier alpha value is -1.49. The number of unbranched alkanes of at least 4 members (excludes halogenated alkanes) is 1. The molecule has 5 heteroatoms. The quantitative estimate of drug-likeness (QED) is 0.483.